The number of carbonyl (C=O) groups is 1. The Hall–Kier alpha value is -2.18. The highest BCUT2D eigenvalue weighted by atomic mass is 16.5. The number of aryl methyl sites for hydroxylation is 1. The lowest BCUT2D eigenvalue weighted by Gasteiger charge is -2.37. The molecule has 1 aromatic heterocycles. The first-order valence-corrected chi connectivity index (χ1v) is 8.13. The number of nitrogens with zero attached hydrogens (tertiary/aromatic N) is 2. The van der Waals surface area contributed by atoms with Crippen molar-refractivity contribution >= 4 is 5.91 Å². The van der Waals surface area contributed by atoms with Crippen molar-refractivity contribution in [2.45, 2.75) is 25.3 Å². The number of ether oxygens (including phenoxy) is 2. The van der Waals surface area contributed by atoms with Gasteiger partial charge in [-0.15, -0.1) is 0 Å². The maximum Gasteiger partial charge on any atom is 0.251 e. The van der Waals surface area contributed by atoms with Crippen molar-refractivity contribution in [2.75, 3.05) is 26.9 Å². The minimum atomic E-state index is -0.349. The number of amides is 1. The second-order valence-electron chi connectivity index (χ2n) is 6.23. The number of benzene rings is 1. The molecule has 1 fully saturated rings. The number of nitrogens with one attached hydrogen (secondary N) is 1. The van der Waals surface area contributed by atoms with E-state index in [0.717, 1.165) is 24.1 Å². The molecule has 0 saturated carbocycles. The lowest BCUT2D eigenvalue weighted by Crippen LogP contribution is -2.55. The SMILES string of the molecule is COCC1(NC(=O)c2ccc(-n3cccn3)c(C)c2)CCOCC1. The highest BCUT2D eigenvalue weighted by Gasteiger charge is 2.34. The van der Waals surface area contributed by atoms with Gasteiger partial charge in [-0.05, 0) is 49.6 Å². The van der Waals surface area contributed by atoms with E-state index in [1.165, 1.54) is 0 Å². The van der Waals surface area contributed by atoms with E-state index >= 15 is 0 Å². The minimum Gasteiger partial charge on any atom is -0.382 e. The van der Waals surface area contributed by atoms with Gasteiger partial charge in [-0.2, -0.15) is 5.10 Å². The normalized spacial score (nSPS) is 16.8. The third-order valence-corrected chi connectivity index (χ3v) is 4.46. The van der Waals surface area contributed by atoms with Crippen LogP contribution < -0.4 is 5.32 Å². The third-order valence-electron chi connectivity index (χ3n) is 4.46. The van der Waals surface area contributed by atoms with E-state index in [-0.39, 0.29) is 11.4 Å². The van der Waals surface area contributed by atoms with E-state index in [9.17, 15) is 4.79 Å². The second kappa shape index (κ2) is 7.15. The zero-order chi connectivity index (χ0) is 17.0. The second-order valence-corrected chi connectivity index (χ2v) is 6.23. The first kappa shape index (κ1) is 16.7. The van der Waals surface area contributed by atoms with Gasteiger partial charge in [0.25, 0.3) is 5.91 Å². The Morgan fingerprint density at radius 2 is 2.21 bits per heavy atom. The lowest BCUT2D eigenvalue weighted by atomic mass is 9.90. The summed E-state index contributed by atoms with van der Waals surface area (Å²) in [4.78, 5) is 12.7. The van der Waals surface area contributed by atoms with E-state index < -0.39 is 0 Å². The van der Waals surface area contributed by atoms with Crippen molar-refractivity contribution in [3.05, 3.63) is 47.8 Å². The van der Waals surface area contributed by atoms with E-state index in [1.807, 2.05) is 37.4 Å². The molecule has 1 aliphatic heterocycles. The Morgan fingerprint density at radius 1 is 1.42 bits per heavy atom. The Balaban J connectivity index is 1.78. The third kappa shape index (κ3) is 3.49. The summed E-state index contributed by atoms with van der Waals surface area (Å²) < 4.78 is 12.5. The van der Waals surface area contributed by atoms with Crippen LogP contribution in [0.1, 0.15) is 28.8 Å². The van der Waals surface area contributed by atoms with Crippen LogP contribution in [0.25, 0.3) is 5.69 Å². The van der Waals surface area contributed by atoms with Gasteiger partial charge in [0.2, 0.25) is 0 Å². The van der Waals surface area contributed by atoms with Crippen molar-refractivity contribution < 1.29 is 14.3 Å². The molecular weight excluding hydrogens is 306 g/mol. The predicted octanol–water partition coefficient (Wildman–Crippen LogP) is 2.11. The Bertz CT molecular complexity index is 686. The summed E-state index contributed by atoms with van der Waals surface area (Å²) in [5, 5.41) is 7.40. The van der Waals surface area contributed by atoms with Crippen LogP contribution in [0.3, 0.4) is 0 Å². The summed E-state index contributed by atoms with van der Waals surface area (Å²) in [6.45, 7) is 3.75. The van der Waals surface area contributed by atoms with Gasteiger partial charge in [0.15, 0.2) is 0 Å². The molecule has 1 aromatic carbocycles. The van der Waals surface area contributed by atoms with Crippen LogP contribution >= 0.6 is 0 Å². The molecule has 6 nitrogen and oxygen atoms in total. The van der Waals surface area contributed by atoms with Gasteiger partial charge in [-0.25, -0.2) is 4.68 Å². The Morgan fingerprint density at radius 3 is 2.83 bits per heavy atom. The summed E-state index contributed by atoms with van der Waals surface area (Å²) >= 11 is 0. The summed E-state index contributed by atoms with van der Waals surface area (Å²) in [5.74, 6) is -0.0796. The molecule has 0 aliphatic carbocycles. The van der Waals surface area contributed by atoms with Crippen LogP contribution in [0.4, 0.5) is 0 Å². The number of hydrogen-bond acceptors (Lipinski definition) is 4. The fraction of sp³-hybridized carbons (Fsp3) is 0.444. The Kier molecular flexibility index (Phi) is 4.97. The average Bonchev–Trinajstić information content (AvgIpc) is 3.10. The molecule has 6 heteroatoms. The quantitative estimate of drug-likeness (QED) is 0.912. The van der Waals surface area contributed by atoms with E-state index in [2.05, 4.69) is 10.4 Å². The van der Waals surface area contributed by atoms with Crippen molar-refractivity contribution in [3.8, 4) is 5.69 Å². The summed E-state index contributed by atoms with van der Waals surface area (Å²) in [7, 11) is 1.66. The molecule has 3 rings (SSSR count). The van der Waals surface area contributed by atoms with Crippen molar-refractivity contribution in [1.29, 1.82) is 0 Å². The molecule has 1 saturated heterocycles. The number of aromatic nitrogens is 2. The standard InChI is InChI=1S/C18H23N3O3/c1-14-12-15(4-5-16(14)21-9-3-8-19-21)17(22)20-18(13-23-2)6-10-24-11-7-18/h3-5,8-9,12H,6-7,10-11,13H2,1-2H3,(H,20,22). The first-order valence-electron chi connectivity index (χ1n) is 8.13. The summed E-state index contributed by atoms with van der Waals surface area (Å²) in [6.07, 6.45) is 5.14. The lowest BCUT2D eigenvalue weighted by molar-refractivity contribution is 0.00205. The number of hydrogen-bond donors (Lipinski definition) is 1. The highest BCUT2D eigenvalue weighted by molar-refractivity contribution is 5.95. The highest BCUT2D eigenvalue weighted by Crippen LogP contribution is 2.22. The molecule has 2 aromatic rings. The molecule has 1 aliphatic rings. The zero-order valence-corrected chi connectivity index (χ0v) is 14.1. The van der Waals surface area contributed by atoms with Gasteiger partial charge in [0.05, 0.1) is 17.8 Å². The largest absolute Gasteiger partial charge is 0.382 e. The molecule has 128 valence electrons. The maximum atomic E-state index is 12.7. The molecule has 0 radical (unpaired) electrons. The molecule has 0 spiro atoms. The van der Waals surface area contributed by atoms with E-state index in [1.54, 1.807) is 18.0 Å². The minimum absolute atomic E-state index is 0.0796. The summed E-state index contributed by atoms with van der Waals surface area (Å²) in [6, 6.07) is 7.52. The van der Waals surface area contributed by atoms with Gasteiger partial charge in [0, 0.05) is 38.3 Å². The van der Waals surface area contributed by atoms with Crippen molar-refractivity contribution in [1.82, 2.24) is 15.1 Å². The van der Waals surface area contributed by atoms with Crippen molar-refractivity contribution in [3.63, 3.8) is 0 Å². The van der Waals surface area contributed by atoms with Gasteiger partial charge in [-0.1, -0.05) is 0 Å². The average molecular weight is 329 g/mol. The van der Waals surface area contributed by atoms with Gasteiger partial charge < -0.3 is 14.8 Å². The zero-order valence-electron chi connectivity index (χ0n) is 14.1. The van der Waals surface area contributed by atoms with E-state index in [4.69, 9.17) is 9.47 Å². The van der Waals surface area contributed by atoms with Crippen LogP contribution in [-0.2, 0) is 9.47 Å². The van der Waals surface area contributed by atoms with Gasteiger partial charge in [0.1, 0.15) is 0 Å². The van der Waals surface area contributed by atoms with Crippen LogP contribution in [0.2, 0.25) is 0 Å². The first-order chi connectivity index (χ1) is 11.6. The maximum absolute atomic E-state index is 12.7. The molecular formula is C18H23N3O3. The Labute approximate surface area is 141 Å². The molecule has 0 atom stereocenters. The molecule has 24 heavy (non-hydrogen) atoms. The van der Waals surface area contributed by atoms with Crippen molar-refractivity contribution in [2.24, 2.45) is 0 Å². The molecule has 1 amide bonds. The topological polar surface area (TPSA) is 65.4 Å². The number of carbonyl (C=O) groups excluding carboxylic acids is 1. The van der Waals surface area contributed by atoms with Crippen LogP contribution in [0.5, 0.6) is 0 Å². The molecule has 0 unspecified atom stereocenters. The fourth-order valence-corrected chi connectivity index (χ4v) is 3.12. The smallest absolute Gasteiger partial charge is 0.251 e. The number of methoxy groups -OCH3 is 1. The van der Waals surface area contributed by atoms with Crippen LogP contribution in [-0.4, -0.2) is 48.2 Å². The predicted molar refractivity (Wildman–Crippen MR) is 90.4 cm³/mol. The fourth-order valence-electron chi connectivity index (χ4n) is 3.12. The summed E-state index contributed by atoms with van der Waals surface area (Å²) in [5.41, 5.74) is 2.26. The monoisotopic (exact) mass is 329 g/mol. The van der Waals surface area contributed by atoms with Crippen LogP contribution in [0.15, 0.2) is 36.7 Å². The van der Waals surface area contributed by atoms with Crippen LogP contribution in [0, 0.1) is 6.92 Å². The number of rotatable bonds is 5. The molecule has 1 N–H and O–H groups in total. The van der Waals surface area contributed by atoms with E-state index in [0.29, 0.717) is 25.4 Å². The molecule has 0 bridgehead atoms. The van der Waals surface area contributed by atoms with Gasteiger partial charge in [-0.3, -0.25) is 4.79 Å². The molecule has 2 heterocycles. The van der Waals surface area contributed by atoms with Gasteiger partial charge >= 0.3 is 0 Å².